The van der Waals surface area contributed by atoms with Crippen molar-refractivity contribution in [3.05, 3.63) is 0 Å². The Hall–Kier alpha value is -1.30. The van der Waals surface area contributed by atoms with Gasteiger partial charge in [-0.1, -0.05) is 12.8 Å². The summed E-state index contributed by atoms with van der Waals surface area (Å²) in [6.07, 6.45) is 3.90. The number of nitrogens with zero attached hydrogens (tertiary/aromatic N) is 1. The van der Waals surface area contributed by atoms with E-state index >= 15 is 0 Å². The maximum atomic E-state index is 12.1. The Kier molecular flexibility index (Phi) is 6.62. The summed E-state index contributed by atoms with van der Waals surface area (Å²) in [6, 6.07) is -0.373. The van der Waals surface area contributed by atoms with Crippen molar-refractivity contribution in [1.29, 1.82) is 0 Å². The highest BCUT2D eigenvalue weighted by molar-refractivity contribution is 5.80. The quantitative estimate of drug-likeness (QED) is 0.735. The first kappa shape index (κ1) is 15.8. The third-order valence-electron chi connectivity index (χ3n) is 3.27. The van der Waals surface area contributed by atoms with Crippen LogP contribution < -0.4 is 5.32 Å². The predicted octanol–water partition coefficient (Wildman–Crippen LogP) is 1.45. The minimum Gasteiger partial charge on any atom is -0.480 e. The molecule has 0 aliphatic heterocycles. The molecule has 0 heterocycles. The predicted molar refractivity (Wildman–Crippen MR) is 71.1 cm³/mol. The molecule has 6 nitrogen and oxygen atoms in total. The van der Waals surface area contributed by atoms with Crippen molar-refractivity contribution in [2.24, 2.45) is 0 Å². The molecule has 0 spiro atoms. The van der Waals surface area contributed by atoms with Gasteiger partial charge < -0.3 is 20.1 Å². The van der Waals surface area contributed by atoms with Crippen LogP contribution in [0.2, 0.25) is 0 Å². The molecule has 1 atom stereocenters. The number of carboxylic acids is 1. The van der Waals surface area contributed by atoms with Gasteiger partial charge in [0.1, 0.15) is 6.54 Å². The summed E-state index contributed by atoms with van der Waals surface area (Å²) in [4.78, 5) is 24.5. The maximum Gasteiger partial charge on any atom is 0.323 e. The first-order valence-electron chi connectivity index (χ1n) is 6.91. The van der Waals surface area contributed by atoms with Crippen LogP contribution in [-0.2, 0) is 9.53 Å². The number of carbonyl (C=O) groups excluding carboxylic acids is 1. The summed E-state index contributed by atoms with van der Waals surface area (Å²) >= 11 is 0. The summed E-state index contributed by atoms with van der Waals surface area (Å²) in [5.41, 5.74) is 0. The van der Waals surface area contributed by atoms with Crippen LogP contribution in [-0.4, -0.2) is 53.8 Å². The van der Waals surface area contributed by atoms with E-state index in [1.807, 2.05) is 13.8 Å². The van der Waals surface area contributed by atoms with Crippen LogP contribution in [0.1, 0.15) is 39.5 Å². The molecule has 1 aliphatic rings. The molecular formula is C13H24N2O4. The van der Waals surface area contributed by atoms with Crippen molar-refractivity contribution in [3.8, 4) is 0 Å². The van der Waals surface area contributed by atoms with Crippen LogP contribution >= 0.6 is 0 Å². The summed E-state index contributed by atoms with van der Waals surface area (Å²) in [5.74, 6) is -0.973. The molecule has 0 bridgehead atoms. The second-order valence-corrected chi connectivity index (χ2v) is 4.97. The fourth-order valence-corrected chi connectivity index (χ4v) is 2.36. The van der Waals surface area contributed by atoms with Gasteiger partial charge in [-0.05, 0) is 26.7 Å². The number of urea groups is 1. The van der Waals surface area contributed by atoms with E-state index in [0.717, 1.165) is 25.7 Å². The van der Waals surface area contributed by atoms with Gasteiger partial charge in [0.25, 0.3) is 0 Å². The lowest BCUT2D eigenvalue weighted by Gasteiger charge is -2.29. The van der Waals surface area contributed by atoms with Gasteiger partial charge in [-0.25, -0.2) is 4.79 Å². The zero-order chi connectivity index (χ0) is 14.3. The molecule has 6 heteroatoms. The number of aliphatic carboxylic acids is 1. The van der Waals surface area contributed by atoms with Gasteiger partial charge in [0.2, 0.25) is 0 Å². The normalized spacial score (nSPS) is 17.2. The molecule has 0 aromatic heterocycles. The molecule has 0 radical (unpaired) electrons. The number of carboxylic acid groups (broad SMARTS) is 1. The molecule has 0 aromatic carbocycles. The van der Waals surface area contributed by atoms with E-state index in [2.05, 4.69) is 5.32 Å². The van der Waals surface area contributed by atoms with Crippen LogP contribution in [0.3, 0.4) is 0 Å². The van der Waals surface area contributed by atoms with Gasteiger partial charge in [-0.2, -0.15) is 0 Å². The van der Waals surface area contributed by atoms with Gasteiger partial charge in [0.05, 0.1) is 12.6 Å². The maximum absolute atomic E-state index is 12.1. The fourth-order valence-electron chi connectivity index (χ4n) is 2.36. The minimum atomic E-state index is -0.973. The van der Waals surface area contributed by atoms with E-state index in [4.69, 9.17) is 9.84 Å². The first-order valence-corrected chi connectivity index (χ1v) is 6.91. The van der Waals surface area contributed by atoms with Gasteiger partial charge in [0, 0.05) is 12.6 Å². The molecule has 0 saturated heterocycles. The van der Waals surface area contributed by atoms with Crippen LogP contribution in [0.25, 0.3) is 0 Å². The minimum absolute atomic E-state index is 0.0513. The first-order chi connectivity index (χ1) is 9.04. The monoisotopic (exact) mass is 272 g/mol. The van der Waals surface area contributed by atoms with Crippen molar-refractivity contribution < 1.29 is 19.4 Å². The molecule has 110 valence electrons. The van der Waals surface area contributed by atoms with E-state index in [-0.39, 0.29) is 24.7 Å². The number of hydrogen-bond donors (Lipinski definition) is 2. The molecule has 2 N–H and O–H groups in total. The van der Waals surface area contributed by atoms with E-state index in [0.29, 0.717) is 13.2 Å². The molecular weight excluding hydrogens is 248 g/mol. The highest BCUT2D eigenvalue weighted by Gasteiger charge is 2.28. The molecule has 0 aromatic rings. The lowest BCUT2D eigenvalue weighted by atomic mass is 10.2. The zero-order valence-electron chi connectivity index (χ0n) is 11.7. The van der Waals surface area contributed by atoms with E-state index in [1.54, 1.807) is 0 Å². The Bertz CT molecular complexity index is 303. The van der Waals surface area contributed by atoms with Crippen LogP contribution in [0.15, 0.2) is 0 Å². The summed E-state index contributed by atoms with van der Waals surface area (Å²) in [5, 5.41) is 11.7. The topological polar surface area (TPSA) is 78.9 Å². The van der Waals surface area contributed by atoms with Crippen molar-refractivity contribution in [2.75, 3.05) is 19.8 Å². The summed E-state index contributed by atoms with van der Waals surface area (Å²) < 4.78 is 5.23. The highest BCUT2D eigenvalue weighted by Crippen LogP contribution is 2.23. The molecule has 1 aliphatic carbocycles. The van der Waals surface area contributed by atoms with Crippen molar-refractivity contribution in [1.82, 2.24) is 10.2 Å². The van der Waals surface area contributed by atoms with Crippen molar-refractivity contribution in [3.63, 3.8) is 0 Å². The zero-order valence-corrected chi connectivity index (χ0v) is 11.7. The molecule has 19 heavy (non-hydrogen) atoms. The van der Waals surface area contributed by atoms with Crippen LogP contribution in [0.5, 0.6) is 0 Å². The molecule has 1 saturated carbocycles. The Morgan fingerprint density at radius 2 is 2.05 bits per heavy atom. The Labute approximate surface area is 114 Å². The Balaban J connectivity index is 2.52. The number of carbonyl (C=O) groups is 2. The summed E-state index contributed by atoms with van der Waals surface area (Å²) in [6.45, 7) is 4.54. The van der Waals surface area contributed by atoms with Crippen LogP contribution in [0, 0.1) is 0 Å². The lowest BCUT2D eigenvalue weighted by Crippen LogP contribution is -2.50. The fraction of sp³-hybridized carbons (Fsp3) is 0.846. The lowest BCUT2D eigenvalue weighted by molar-refractivity contribution is -0.138. The average Bonchev–Trinajstić information content (AvgIpc) is 2.86. The third-order valence-corrected chi connectivity index (χ3v) is 3.27. The SMILES string of the molecule is CCOCC(C)NC(=O)N(CC(=O)O)C1CCCC1. The van der Waals surface area contributed by atoms with E-state index in [9.17, 15) is 9.59 Å². The molecule has 1 unspecified atom stereocenters. The third kappa shape index (κ3) is 5.46. The summed E-state index contributed by atoms with van der Waals surface area (Å²) in [7, 11) is 0. The average molecular weight is 272 g/mol. The molecule has 2 amide bonds. The van der Waals surface area contributed by atoms with Crippen molar-refractivity contribution >= 4 is 12.0 Å². The standard InChI is InChI=1S/C13H24N2O4/c1-3-19-9-10(2)14-13(18)15(8-12(16)17)11-6-4-5-7-11/h10-11H,3-9H2,1-2H3,(H,14,18)(H,16,17). The molecule has 1 rings (SSSR count). The number of ether oxygens (including phenoxy) is 1. The number of rotatable bonds is 7. The molecule has 1 fully saturated rings. The van der Waals surface area contributed by atoms with Gasteiger partial charge in [-0.15, -0.1) is 0 Å². The van der Waals surface area contributed by atoms with Crippen molar-refractivity contribution in [2.45, 2.75) is 51.6 Å². The smallest absolute Gasteiger partial charge is 0.323 e. The Morgan fingerprint density at radius 3 is 2.58 bits per heavy atom. The van der Waals surface area contributed by atoms with Gasteiger partial charge in [-0.3, -0.25) is 4.79 Å². The van der Waals surface area contributed by atoms with E-state index < -0.39 is 5.97 Å². The van der Waals surface area contributed by atoms with Gasteiger partial charge in [0.15, 0.2) is 0 Å². The number of nitrogens with one attached hydrogen (secondary N) is 1. The van der Waals surface area contributed by atoms with Gasteiger partial charge >= 0.3 is 12.0 Å². The number of hydrogen-bond acceptors (Lipinski definition) is 3. The highest BCUT2D eigenvalue weighted by atomic mass is 16.5. The second kappa shape index (κ2) is 7.99. The van der Waals surface area contributed by atoms with E-state index in [1.165, 1.54) is 4.90 Å². The van der Waals surface area contributed by atoms with Crippen LogP contribution in [0.4, 0.5) is 4.79 Å². The number of amides is 2. The Morgan fingerprint density at radius 1 is 1.42 bits per heavy atom. The second-order valence-electron chi connectivity index (χ2n) is 4.97. The largest absolute Gasteiger partial charge is 0.480 e.